The van der Waals surface area contributed by atoms with Gasteiger partial charge in [-0.15, -0.1) is 0 Å². The average Bonchev–Trinajstić information content (AvgIpc) is 2.56. The van der Waals surface area contributed by atoms with Crippen LogP contribution in [0.2, 0.25) is 0 Å². The van der Waals surface area contributed by atoms with Crippen molar-refractivity contribution >= 4 is 11.9 Å². The second-order valence-corrected chi connectivity index (χ2v) is 5.99. The number of carboxylic acids is 2. The van der Waals surface area contributed by atoms with Crippen LogP contribution in [0.25, 0.3) is 0 Å². The van der Waals surface area contributed by atoms with Crippen molar-refractivity contribution in [1.29, 1.82) is 0 Å². The first-order valence-corrected chi connectivity index (χ1v) is 8.49. The van der Waals surface area contributed by atoms with Crippen molar-refractivity contribution in [1.82, 2.24) is 0 Å². The molecule has 1 saturated carbocycles. The molecule has 0 heterocycles. The summed E-state index contributed by atoms with van der Waals surface area (Å²) < 4.78 is 0. The predicted octanol–water partition coefficient (Wildman–Crippen LogP) is -0.110. The fraction of sp³-hybridized carbons (Fsp3) is 0.875. The molecule has 8 nitrogen and oxygen atoms in total. The lowest BCUT2D eigenvalue weighted by Crippen LogP contribution is -2.62. The molecule has 0 spiro atoms. The van der Waals surface area contributed by atoms with Gasteiger partial charge in [0.25, 0.3) is 0 Å². The Morgan fingerprint density at radius 2 is 1.71 bits per heavy atom. The molecule has 1 fully saturated rings. The van der Waals surface area contributed by atoms with Crippen molar-refractivity contribution in [2.75, 3.05) is 13.2 Å². The lowest BCUT2D eigenvalue weighted by atomic mass is 9.76. The molecule has 0 N–H and O–H groups in total. The highest BCUT2D eigenvalue weighted by Crippen LogP contribution is 2.37. The summed E-state index contributed by atoms with van der Waals surface area (Å²) in [5.41, 5.74) is -1.90. The number of aliphatic carboxylic acids is 2. The molecular formula is C16H26O8-2. The van der Waals surface area contributed by atoms with Crippen LogP contribution in [0.5, 0.6) is 0 Å². The fourth-order valence-corrected chi connectivity index (χ4v) is 2.49. The summed E-state index contributed by atoms with van der Waals surface area (Å²) in [7, 11) is 0. The molecule has 140 valence electrons. The second kappa shape index (κ2) is 10.6. The highest BCUT2D eigenvalue weighted by Gasteiger charge is 2.49. The molecule has 1 aliphatic rings. The topological polar surface area (TPSA) is 117 Å². The van der Waals surface area contributed by atoms with Crippen LogP contribution in [0.3, 0.4) is 0 Å². The summed E-state index contributed by atoms with van der Waals surface area (Å²) in [6.07, 6.45) is 1.83. The summed E-state index contributed by atoms with van der Waals surface area (Å²) in [5, 5.41) is 22.8. The fourth-order valence-electron chi connectivity index (χ4n) is 2.49. The first-order chi connectivity index (χ1) is 11.5. The summed E-state index contributed by atoms with van der Waals surface area (Å²) in [6.45, 7) is 4.41. The number of hydrogen-bond donors (Lipinski definition) is 0. The number of carbonyl (C=O) groups excluding carboxylic acids is 2. The monoisotopic (exact) mass is 346 g/mol. The van der Waals surface area contributed by atoms with Crippen LogP contribution in [0, 0.1) is 5.92 Å². The first-order valence-electron chi connectivity index (χ1n) is 8.49. The zero-order valence-corrected chi connectivity index (χ0v) is 14.3. The minimum Gasteiger partial charge on any atom is -0.550 e. The Morgan fingerprint density at radius 3 is 2.25 bits per heavy atom. The molecular weight excluding hydrogens is 320 g/mol. The van der Waals surface area contributed by atoms with Crippen molar-refractivity contribution in [3.8, 4) is 0 Å². The Kier molecular flexibility index (Phi) is 9.20. The number of carboxylic acid groups (broad SMARTS) is 2. The van der Waals surface area contributed by atoms with Crippen LogP contribution in [-0.2, 0) is 29.1 Å². The Hall–Kier alpha value is -1.22. The lowest BCUT2D eigenvalue weighted by Gasteiger charge is -2.44. The molecule has 0 saturated heterocycles. The summed E-state index contributed by atoms with van der Waals surface area (Å²) in [6, 6.07) is 0. The van der Waals surface area contributed by atoms with Gasteiger partial charge in [-0.1, -0.05) is 26.7 Å². The van der Waals surface area contributed by atoms with Crippen molar-refractivity contribution in [2.45, 2.75) is 70.5 Å². The van der Waals surface area contributed by atoms with E-state index in [-0.39, 0.29) is 32.5 Å². The molecule has 0 aliphatic heterocycles. The Labute approximate surface area is 141 Å². The van der Waals surface area contributed by atoms with Crippen LogP contribution in [0.4, 0.5) is 0 Å². The minimum absolute atomic E-state index is 0.0717. The third-order valence-electron chi connectivity index (χ3n) is 4.12. The van der Waals surface area contributed by atoms with Gasteiger partial charge < -0.3 is 19.8 Å². The number of hydrogen-bond acceptors (Lipinski definition) is 8. The third-order valence-corrected chi connectivity index (χ3v) is 4.12. The van der Waals surface area contributed by atoms with Gasteiger partial charge >= 0.3 is 0 Å². The van der Waals surface area contributed by atoms with E-state index in [1.165, 1.54) is 0 Å². The SMILES string of the molecule is CCCCOOC1CC(C(=O)[O-])CCC1(OOCCCC)C(=O)[O-]. The lowest BCUT2D eigenvalue weighted by molar-refractivity contribution is -0.443. The number of unbranched alkanes of at least 4 members (excludes halogenated alkanes) is 2. The molecule has 1 aliphatic carbocycles. The molecule has 24 heavy (non-hydrogen) atoms. The van der Waals surface area contributed by atoms with Gasteiger partial charge in [-0.05, 0) is 32.1 Å². The minimum atomic E-state index is -1.90. The maximum atomic E-state index is 11.7. The molecule has 0 aromatic carbocycles. The van der Waals surface area contributed by atoms with Crippen LogP contribution < -0.4 is 10.2 Å². The van der Waals surface area contributed by atoms with Gasteiger partial charge in [-0.25, -0.2) is 19.6 Å². The van der Waals surface area contributed by atoms with Crippen LogP contribution >= 0.6 is 0 Å². The summed E-state index contributed by atoms with van der Waals surface area (Å²) in [5.74, 6) is -3.60. The van der Waals surface area contributed by atoms with E-state index >= 15 is 0 Å². The van der Waals surface area contributed by atoms with E-state index in [0.717, 1.165) is 19.3 Å². The van der Waals surface area contributed by atoms with Crippen molar-refractivity contribution in [3.63, 3.8) is 0 Å². The van der Waals surface area contributed by atoms with Gasteiger partial charge in [0.2, 0.25) is 0 Å². The normalized spacial score (nSPS) is 27.1. The Bertz CT molecular complexity index is 400. The second-order valence-electron chi connectivity index (χ2n) is 5.99. The largest absolute Gasteiger partial charge is 0.550 e. The third kappa shape index (κ3) is 5.70. The van der Waals surface area contributed by atoms with Gasteiger partial charge in [0.15, 0.2) is 5.60 Å². The molecule has 8 heteroatoms. The molecule has 0 bridgehead atoms. The van der Waals surface area contributed by atoms with Gasteiger partial charge in [0.05, 0.1) is 19.2 Å². The van der Waals surface area contributed by atoms with Crippen LogP contribution in [-0.4, -0.2) is 36.9 Å². The summed E-state index contributed by atoms with van der Waals surface area (Å²) >= 11 is 0. The van der Waals surface area contributed by atoms with E-state index in [0.29, 0.717) is 6.42 Å². The van der Waals surface area contributed by atoms with E-state index in [1.807, 2.05) is 13.8 Å². The van der Waals surface area contributed by atoms with Gasteiger partial charge in [0, 0.05) is 11.9 Å². The van der Waals surface area contributed by atoms with E-state index in [4.69, 9.17) is 19.6 Å². The first kappa shape index (κ1) is 20.8. The highest BCUT2D eigenvalue weighted by atomic mass is 17.2. The maximum Gasteiger partial charge on any atom is 0.172 e. The predicted molar refractivity (Wildman–Crippen MR) is 77.8 cm³/mol. The van der Waals surface area contributed by atoms with Gasteiger partial charge in [-0.3, -0.25) is 0 Å². The molecule has 0 amide bonds. The molecule has 0 aromatic heterocycles. The van der Waals surface area contributed by atoms with Crippen molar-refractivity contribution < 1.29 is 39.4 Å². The molecule has 0 aromatic rings. The zero-order valence-electron chi connectivity index (χ0n) is 14.3. The van der Waals surface area contributed by atoms with Crippen LogP contribution in [0.15, 0.2) is 0 Å². The smallest absolute Gasteiger partial charge is 0.172 e. The van der Waals surface area contributed by atoms with Crippen molar-refractivity contribution in [3.05, 3.63) is 0 Å². The van der Waals surface area contributed by atoms with Crippen molar-refractivity contribution in [2.24, 2.45) is 5.92 Å². The zero-order chi connectivity index (χ0) is 18.0. The maximum absolute atomic E-state index is 11.7. The van der Waals surface area contributed by atoms with Gasteiger partial charge in [0.1, 0.15) is 6.10 Å². The molecule has 0 radical (unpaired) electrons. The Morgan fingerprint density at radius 1 is 1.08 bits per heavy atom. The molecule has 3 unspecified atom stereocenters. The van der Waals surface area contributed by atoms with Crippen LogP contribution in [0.1, 0.15) is 58.8 Å². The summed E-state index contributed by atoms with van der Waals surface area (Å²) in [4.78, 5) is 43.2. The van der Waals surface area contributed by atoms with Gasteiger partial charge in [-0.2, -0.15) is 0 Å². The van der Waals surface area contributed by atoms with E-state index in [9.17, 15) is 19.8 Å². The van der Waals surface area contributed by atoms with E-state index in [2.05, 4.69) is 0 Å². The van der Waals surface area contributed by atoms with E-state index < -0.39 is 29.6 Å². The molecule has 3 atom stereocenters. The quantitative estimate of drug-likeness (QED) is 0.273. The highest BCUT2D eigenvalue weighted by molar-refractivity contribution is 5.77. The Balaban J connectivity index is 2.80. The number of carbonyl (C=O) groups is 2. The average molecular weight is 346 g/mol. The standard InChI is InChI=1S/C16H28O8/c1-3-5-9-21-23-13-11-12(14(17)18)7-8-16(13,15(19)20)24-22-10-6-4-2/h12-13H,3-11H2,1-2H3,(H,17,18)(H,19,20)/p-2. The molecule has 1 rings (SSSR count). The van der Waals surface area contributed by atoms with E-state index in [1.54, 1.807) is 0 Å². The number of rotatable bonds is 12.